The highest BCUT2D eigenvalue weighted by Crippen LogP contribution is 2.38. The maximum atomic E-state index is 15.4. The second-order valence-corrected chi connectivity index (χ2v) is 9.37. The van der Waals surface area contributed by atoms with E-state index in [0.29, 0.717) is 30.5 Å². The summed E-state index contributed by atoms with van der Waals surface area (Å²) in [5.41, 5.74) is -3.43. The Morgan fingerprint density at radius 3 is 2.45 bits per heavy atom. The molecule has 2 N–H and O–H groups in total. The minimum atomic E-state index is -4.98. The van der Waals surface area contributed by atoms with Crippen molar-refractivity contribution < 1.29 is 31.5 Å². The van der Waals surface area contributed by atoms with Crippen LogP contribution in [-0.4, -0.2) is 22.0 Å². The van der Waals surface area contributed by atoms with E-state index in [1.54, 1.807) is 12.1 Å². The van der Waals surface area contributed by atoms with Gasteiger partial charge in [-0.1, -0.05) is 36.7 Å². The molecule has 1 aromatic heterocycles. The van der Waals surface area contributed by atoms with Crippen molar-refractivity contribution in [1.29, 1.82) is 0 Å². The molecule has 3 aromatic rings. The fourth-order valence-electron chi connectivity index (χ4n) is 4.12. The lowest BCUT2D eigenvalue weighted by atomic mass is 9.81. The topological polar surface area (TPSA) is 84.1 Å². The summed E-state index contributed by atoms with van der Waals surface area (Å²) < 4.78 is 76.0. The lowest BCUT2D eigenvalue weighted by Gasteiger charge is -2.34. The maximum Gasteiger partial charge on any atom is 0.417 e. The number of aryl methyl sites for hydroxylation is 1. The lowest BCUT2D eigenvalue weighted by molar-refractivity contribution is -0.137. The number of hydrogen-bond donors (Lipinski definition) is 2. The van der Waals surface area contributed by atoms with Crippen LogP contribution in [0.5, 0.6) is 0 Å². The Morgan fingerprint density at radius 2 is 1.82 bits per heavy atom. The number of ether oxygens (including phenoxy) is 1. The summed E-state index contributed by atoms with van der Waals surface area (Å²) in [7, 11) is 0. The molecule has 12 heteroatoms. The molecule has 0 aliphatic heterocycles. The highest BCUT2D eigenvalue weighted by Gasteiger charge is 2.38. The number of alkyl halides is 3. The van der Waals surface area contributed by atoms with Gasteiger partial charge in [-0.25, -0.2) is 9.37 Å². The number of nitrogens with zero attached hydrogens (tertiary/aromatic N) is 1. The zero-order valence-corrected chi connectivity index (χ0v) is 20.9. The number of aromatic nitrogens is 2. The first-order chi connectivity index (χ1) is 18.0. The van der Waals surface area contributed by atoms with Crippen LogP contribution in [0, 0.1) is 17.6 Å². The highest BCUT2D eigenvalue weighted by atomic mass is 35.5. The summed E-state index contributed by atoms with van der Waals surface area (Å²) in [6, 6.07) is 8.70. The van der Waals surface area contributed by atoms with Gasteiger partial charge in [0.1, 0.15) is 11.6 Å². The van der Waals surface area contributed by atoms with Crippen molar-refractivity contribution in [1.82, 2.24) is 15.3 Å². The molecule has 0 saturated heterocycles. The first kappa shape index (κ1) is 27.7. The van der Waals surface area contributed by atoms with Crippen LogP contribution in [0.25, 0.3) is 11.4 Å². The van der Waals surface area contributed by atoms with Crippen LogP contribution in [-0.2, 0) is 35.3 Å². The van der Waals surface area contributed by atoms with Crippen molar-refractivity contribution in [2.45, 2.75) is 51.6 Å². The van der Waals surface area contributed by atoms with Crippen LogP contribution in [0.1, 0.15) is 42.1 Å². The van der Waals surface area contributed by atoms with Crippen LogP contribution < -0.4 is 10.9 Å². The third kappa shape index (κ3) is 6.05. The molecule has 0 bridgehead atoms. The van der Waals surface area contributed by atoms with Gasteiger partial charge in [0.15, 0.2) is 0 Å². The molecule has 6 nitrogen and oxygen atoms in total. The van der Waals surface area contributed by atoms with Gasteiger partial charge >= 0.3 is 6.18 Å². The van der Waals surface area contributed by atoms with E-state index in [1.807, 2.05) is 17.1 Å². The molecule has 1 fully saturated rings. The number of carbonyl (C=O) groups excluding carboxylic acids is 1. The van der Waals surface area contributed by atoms with Gasteiger partial charge in [-0.15, -0.1) is 0 Å². The molecule has 4 rings (SSSR count). The smallest absolute Gasteiger partial charge is 0.373 e. The average Bonchev–Trinajstić information content (AvgIpc) is 2.84. The van der Waals surface area contributed by atoms with E-state index < -0.39 is 58.5 Å². The maximum absolute atomic E-state index is 15.4. The summed E-state index contributed by atoms with van der Waals surface area (Å²) in [4.78, 5) is 30.0. The number of rotatable bonds is 8. The summed E-state index contributed by atoms with van der Waals surface area (Å²) >= 11 is 5.85. The van der Waals surface area contributed by atoms with Gasteiger partial charge in [-0.05, 0) is 43.0 Å². The molecule has 0 atom stereocenters. The fourth-order valence-corrected chi connectivity index (χ4v) is 4.24. The Kier molecular flexibility index (Phi) is 8.17. The molecule has 38 heavy (non-hydrogen) atoms. The summed E-state index contributed by atoms with van der Waals surface area (Å²) in [5, 5.41) is 3.15. The fraction of sp³-hybridized carbons (Fsp3) is 0.346. The Bertz CT molecular complexity index is 1390. The summed E-state index contributed by atoms with van der Waals surface area (Å²) in [6.07, 6.45) is -4.32. The Balaban J connectivity index is 1.44. The number of H-pyrrole nitrogens is 1. The molecule has 1 amide bonds. The molecule has 0 unspecified atom stereocenters. The van der Waals surface area contributed by atoms with E-state index in [4.69, 9.17) is 16.3 Å². The molecule has 2 aromatic carbocycles. The molecule has 1 saturated carbocycles. The Morgan fingerprint density at radius 1 is 1.13 bits per heavy atom. The van der Waals surface area contributed by atoms with Gasteiger partial charge in [-0.2, -0.15) is 17.6 Å². The van der Waals surface area contributed by atoms with Crippen LogP contribution in [0.15, 0.2) is 41.2 Å². The standard InChI is InChI=1S/C26H23ClF5N3O3/c1-2-19-22(29)25(37)35-23(34-19)20-18(26(30,31)32)8-5-14(21(20)28)11-33-24(36)15-9-17(10-15)38-12-13-3-6-16(27)7-4-13/h3-8,15,17H,2,9-12H2,1H3,(H,33,36)(H,34,35,37)/t15-,17-. The molecule has 1 heterocycles. The van der Waals surface area contributed by atoms with Crippen molar-refractivity contribution in [2.24, 2.45) is 5.92 Å². The van der Waals surface area contributed by atoms with E-state index in [9.17, 15) is 27.2 Å². The molecule has 1 aliphatic rings. The Hall–Kier alpha value is -3.31. The van der Waals surface area contributed by atoms with Crippen LogP contribution in [0.3, 0.4) is 0 Å². The minimum Gasteiger partial charge on any atom is -0.373 e. The SMILES string of the molecule is CCc1nc(-c2c(C(F)(F)F)ccc(CNC(=O)[C@H]3C[C@H](OCc4ccc(Cl)cc4)C3)c2F)[nH]c(=O)c1F. The van der Waals surface area contributed by atoms with E-state index in [0.717, 1.165) is 11.6 Å². The molecular weight excluding hydrogens is 533 g/mol. The first-order valence-electron chi connectivity index (χ1n) is 11.8. The Labute approximate surface area is 219 Å². The van der Waals surface area contributed by atoms with Gasteiger partial charge < -0.3 is 15.0 Å². The predicted octanol–water partition coefficient (Wildman–Crippen LogP) is 5.56. The normalized spacial score (nSPS) is 17.2. The largest absolute Gasteiger partial charge is 0.417 e. The molecule has 0 radical (unpaired) electrons. The van der Waals surface area contributed by atoms with Crippen LogP contribution >= 0.6 is 11.6 Å². The molecular formula is C26H23ClF5N3O3. The number of nitrogens with one attached hydrogen (secondary N) is 2. The van der Waals surface area contributed by atoms with Crippen molar-refractivity contribution in [3.63, 3.8) is 0 Å². The molecule has 202 valence electrons. The minimum absolute atomic E-state index is 0.0900. The monoisotopic (exact) mass is 555 g/mol. The number of carbonyl (C=O) groups is 1. The van der Waals surface area contributed by atoms with Crippen molar-refractivity contribution in [3.8, 4) is 11.4 Å². The van der Waals surface area contributed by atoms with Gasteiger partial charge in [-0.3, -0.25) is 9.59 Å². The number of benzene rings is 2. The van der Waals surface area contributed by atoms with Crippen LogP contribution in [0.2, 0.25) is 5.02 Å². The summed E-state index contributed by atoms with van der Waals surface area (Å²) in [6.45, 7) is 1.42. The quantitative estimate of drug-likeness (QED) is 0.356. The van der Waals surface area contributed by atoms with Gasteiger partial charge in [0.05, 0.1) is 29.5 Å². The third-order valence-corrected chi connectivity index (χ3v) is 6.60. The number of hydrogen-bond acceptors (Lipinski definition) is 4. The van der Waals surface area contributed by atoms with Gasteiger partial charge in [0, 0.05) is 23.0 Å². The summed E-state index contributed by atoms with van der Waals surface area (Å²) in [5.74, 6) is -4.09. The van der Waals surface area contributed by atoms with E-state index in [1.165, 1.54) is 6.92 Å². The number of amides is 1. The second-order valence-electron chi connectivity index (χ2n) is 8.93. The highest BCUT2D eigenvalue weighted by molar-refractivity contribution is 6.30. The predicted molar refractivity (Wildman–Crippen MR) is 129 cm³/mol. The van der Waals surface area contributed by atoms with Crippen LogP contribution in [0.4, 0.5) is 22.0 Å². The van der Waals surface area contributed by atoms with Crippen molar-refractivity contribution in [2.75, 3.05) is 0 Å². The average molecular weight is 556 g/mol. The van der Waals surface area contributed by atoms with E-state index in [2.05, 4.69) is 10.3 Å². The van der Waals surface area contributed by atoms with Crippen molar-refractivity contribution in [3.05, 3.63) is 85.8 Å². The van der Waals surface area contributed by atoms with E-state index in [-0.39, 0.29) is 24.0 Å². The molecule has 1 aliphatic carbocycles. The molecule has 0 spiro atoms. The zero-order chi connectivity index (χ0) is 27.6. The zero-order valence-electron chi connectivity index (χ0n) is 20.1. The lowest BCUT2D eigenvalue weighted by Crippen LogP contribution is -2.42. The number of halogens is 6. The third-order valence-electron chi connectivity index (χ3n) is 6.35. The van der Waals surface area contributed by atoms with Gasteiger partial charge in [0.25, 0.3) is 5.56 Å². The second kappa shape index (κ2) is 11.2. The number of aromatic amines is 1. The van der Waals surface area contributed by atoms with Gasteiger partial charge in [0.2, 0.25) is 11.7 Å². The first-order valence-corrected chi connectivity index (χ1v) is 12.2. The van der Waals surface area contributed by atoms with Crippen molar-refractivity contribution >= 4 is 17.5 Å². The van der Waals surface area contributed by atoms with E-state index >= 15 is 4.39 Å².